The van der Waals surface area contributed by atoms with Crippen LogP contribution in [0, 0.1) is 0 Å². The quantitative estimate of drug-likeness (QED) is 0.409. The van der Waals surface area contributed by atoms with Crippen molar-refractivity contribution in [3.63, 3.8) is 0 Å². The number of rotatable bonds is 11. The van der Waals surface area contributed by atoms with Crippen LogP contribution >= 0.6 is 0 Å². The second kappa shape index (κ2) is 13.7. The van der Waals surface area contributed by atoms with Gasteiger partial charge in [-0.25, -0.2) is 0 Å². The highest BCUT2D eigenvalue weighted by Gasteiger charge is 2.17. The number of hydrogen-bond donors (Lipinski definition) is 2. The summed E-state index contributed by atoms with van der Waals surface area (Å²) in [6, 6.07) is 6.12. The fraction of sp³-hybridized carbons (Fsp3) is 0.652. The van der Waals surface area contributed by atoms with Crippen molar-refractivity contribution in [2.24, 2.45) is 4.99 Å². The predicted molar refractivity (Wildman–Crippen MR) is 125 cm³/mol. The highest BCUT2D eigenvalue weighted by atomic mass is 16.5. The lowest BCUT2D eigenvalue weighted by Crippen LogP contribution is -2.48. The molecule has 0 spiro atoms. The first-order valence-electron chi connectivity index (χ1n) is 11.5. The van der Waals surface area contributed by atoms with Crippen LogP contribution < -0.4 is 20.1 Å². The molecule has 1 fully saturated rings. The first-order valence-corrected chi connectivity index (χ1v) is 11.5. The Morgan fingerprint density at radius 2 is 1.74 bits per heavy atom. The molecule has 0 atom stereocenters. The van der Waals surface area contributed by atoms with Crippen molar-refractivity contribution in [1.29, 1.82) is 0 Å². The summed E-state index contributed by atoms with van der Waals surface area (Å²) in [6.45, 7) is 15.6. The van der Waals surface area contributed by atoms with Crippen molar-refractivity contribution >= 4 is 11.9 Å². The van der Waals surface area contributed by atoms with E-state index in [1.807, 2.05) is 24.8 Å². The summed E-state index contributed by atoms with van der Waals surface area (Å²) in [5.74, 6) is 2.59. The average Bonchev–Trinajstić information content (AvgIpc) is 2.76. The molecule has 0 bridgehead atoms. The van der Waals surface area contributed by atoms with E-state index >= 15 is 0 Å². The SMILES string of the molecule is CCNC(=NCCN1CCN(C(C)=O)CC1)NCCc1ccc(OCC)c(OCC)c1. The maximum atomic E-state index is 11.4. The maximum absolute atomic E-state index is 11.4. The van der Waals surface area contributed by atoms with Gasteiger partial charge in [0.2, 0.25) is 5.91 Å². The Morgan fingerprint density at radius 1 is 1.03 bits per heavy atom. The Morgan fingerprint density at radius 3 is 2.39 bits per heavy atom. The van der Waals surface area contributed by atoms with Gasteiger partial charge in [-0.15, -0.1) is 0 Å². The van der Waals surface area contributed by atoms with Crippen molar-refractivity contribution in [1.82, 2.24) is 20.4 Å². The molecule has 174 valence electrons. The highest BCUT2D eigenvalue weighted by Crippen LogP contribution is 2.28. The molecule has 0 unspecified atom stereocenters. The van der Waals surface area contributed by atoms with Crippen molar-refractivity contribution in [3.8, 4) is 11.5 Å². The van der Waals surface area contributed by atoms with E-state index in [0.29, 0.717) is 13.2 Å². The van der Waals surface area contributed by atoms with Crippen LogP contribution in [0.4, 0.5) is 0 Å². The van der Waals surface area contributed by atoms with E-state index in [1.165, 1.54) is 5.56 Å². The second-order valence-corrected chi connectivity index (χ2v) is 7.43. The lowest BCUT2D eigenvalue weighted by Gasteiger charge is -2.33. The van der Waals surface area contributed by atoms with Crippen LogP contribution in [0.25, 0.3) is 0 Å². The number of benzene rings is 1. The molecule has 1 aliphatic rings. The first kappa shape index (κ1) is 24.8. The smallest absolute Gasteiger partial charge is 0.219 e. The summed E-state index contributed by atoms with van der Waals surface area (Å²) in [5.41, 5.74) is 1.19. The predicted octanol–water partition coefficient (Wildman–Crippen LogP) is 1.75. The van der Waals surface area contributed by atoms with Gasteiger partial charge in [-0.2, -0.15) is 0 Å². The molecule has 8 heteroatoms. The number of amides is 1. The molecule has 0 aromatic heterocycles. The summed E-state index contributed by atoms with van der Waals surface area (Å²) in [7, 11) is 0. The van der Waals surface area contributed by atoms with E-state index in [0.717, 1.165) is 76.2 Å². The van der Waals surface area contributed by atoms with Crippen LogP contribution in [0.3, 0.4) is 0 Å². The Hall–Kier alpha value is -2.48. The summed E-state index contributed by atoms with van der Waals surface area (Å²) in [6.07, 6.45) is 0.865. The number of hydrogen-bond acceptors (Lipinski definition) is 5. The van der Waals surface area contributed by atoms with Crippen LogP contribution in [0.15, 0.2) is 23.2 Å². The minimum atomic E-state index is 0.164. The van der Waals surface area contributed by atoms with Gasteiger partial charge in [0.1, 0.15) is 0 Å². The number of ether oxygens (including phenoxy) is 2. The summed E-state index contributed by atoms with van der Waals surface area (Å²) < 4.78 is 11.4. The van der Waals surface area contributed by atoms with E-state index in [1.54, 1.807) is 6.92 Å². The topological polar surface area (TPSA) is 78.4 Å². The largest absolute Gasteiger partial charge is 0.490 e. The lowest BCUT2D eigenvalue weighted by molar-refractivity contribution is -0.130. The third kappa shape index (κ3) is 8.65. The summed E-state index contributed by atoms with van der Waals surface area (Å²) in [5, 5.41) is 6.72. The van der Waals surface area contributed by atoms with E-state index in [2.05, 4.69) is 34.6 Å². The molecule has 2 rings (SSSR count). The Balaban J connectivity index is 1.80. The van der Waals surface area contributed by atoms with Gasteiger partial charge >= 0.3 is 0 Å². The Kier molecular flexibility index (Phi) is 11.0. The van der Waals surface area contributed by atoms with Gasteiger partial charge in [-0.05, 0) is 44.9 Å². The fourth-order valence-electron chi connectivity index (χ4n) is 3.51. The van der Waals surface area contributed by atoms with E-state index < -0.39 is 0 Å². The minimum Gasteiger partial charge on any atom is -0.490 e. The molecular weight excluding hydrogens is 394 g/mol. The fourth-order valence-corrected chi connectivity index (χ4v) is 3.51. The van der Waals surface area contributed by atoms with Crippen molar-refractivity contribution < 1.29 is 14.3 Å². The van der Waals surface area contributed by atoms with Gasteiger partial charge in [-0.1, -0.05) is 6.07 Å². The molecule has 1 aliphatic heterocycles. The van der Waals surface area contributed by atoms with Crippen LogP contribution in [0.5, 0.6) is 11.5 Å². The minimum absolute atomic E-state index is 0.164. The van der Waals surface area contributed by atoms with Crippen LogP contribution in [-0.2, 0) is 11.2 Å². The molecule has 1 heterocycles. The van der Waals surface area contributed by atoms with Gasteiger partial charge in [0.25, 0.3) is 0 Å². The number of nitrogens with zero attached hydrogens (tertiary/aromatic N) is 3. The third-order valence-electron chi connectivity index (χ3n) is 5.16. The normalized spacial score (nSPS) is 15.0. The van der Waals surface area contributed by atoms with Crippen molar-refractivity contribution in [3.05, 3.63) is 23.8 Å². The third-order valence-corrected chi connectivity index (χ3v) is 5.16. The number of guanidine groups is 1. The van der Waals surface area contributed by atoms with Gasteiger partial charge < -0.3 is 25.0 Å². The van der Waals surface area contributed by atoms with Crippen LogP contribution in [-0.4, -0.2) is 87.2 Å². The zero-order valence-electron chi connectivity index (χ0n) is 19.6. The second-order valence-electron chi connectivity index (χ2n) is 7.43. The summed E-state index contributed by atoms with van der Waals surface area (Å²) in [4.78, 5) is 20.4. The lowest BCUT2D eigenvalue weighted by atomic mass is 10.1. The number of piperazine rings is 1. The molecule has 1 amide bonds. The molecule has 1 saturated heterocycles. The molecule has 0 aliphatic carbocycles. The highest BCUT2D eigenvalue weighted by molar-refractivity contribution is 5.79. The van der Waals surface area contributed by atoms with Gasteiger partial charge in [0.05, 0.1) is 19.8 Å². The number of nitrogens with one attached hydrogen (secondary N) is 2. The molecule has 31 heavy (non-hydrogen) atoms. The molecular formula is C23H39N5O3. The molecule has 1 aromatic rings. The van der Waals surface area contributed by atoms with Gasteiger partial charge in [-0.3, -0.25) is 14.7 Å². The van der Waals surface area contributed by atoms with E-state index in [9.17, 15) is 4.79 Å². The molecule has 0 radical (unpaired) electrons. The van der Waals surface area contributed by atoms with Crippen molar-refractivity contribution in [2.45, 2.75) is 34.1 Å². The zero-order chi connectivity index (χ0) is 22.5. The van der Waals surface area contributed by atoms with Crippen LogP contribution in [0.1, 0.15) is 33.3 Å². The molecule has 0 saturated carbocycles. The van der Waals surface area contributed by atoms with E-state index in [-0.39, 0.29) is 5.91 Å². The monoisotopic (exact) mass is 433 g/mol. The number of carbonyl (C=O) groups excluding carboxylic acids is 1. The maximum Gasteiger partial charge on any atom is 0.219 e. The van der Waals surface area contributed by atoms with E-state index in [4.69, 9.17) is 14.5 Å². The van der Waals surface area contributed by atoms with Crippen LogP contribution in [0.2, 0.25) is 0 Å². The molecule has 1 aromatic carbocycles. The first-order chi connectivity index (χ1) is 15.1. The molecule has 2 N–H and O–H groups in total. The zero-order valence-corrected chi connectivity index (χ0v) is 19.6. The number of carbonyl (C=O) groups is 1. The summed E-state index contributed by atoms with van der Waals surface area (Å²) >= 11 is 0. The number of aliphatic imine (C=N–C) groups is 1. The average molecular weight is 434 g/mol. The Bertz CT molecular complexity index is 702. The van der Waals surface area contributed by atoms with Gasteiger partial charge in [0, 0.05) is 52.7 Å². The van der Waals surface area contributed by atoms with Gasteiger partial charge in [0.15, 0.2) is 17.5 Å². The molecule has 8 nitrogen and oxygen atoms in total. The van der Waals surface area contributed by atoms with Crippen molar-refractivity contribution in [2.75, 3.05) is 65.6 Å². The Labute approximate surface area is 187 Å². The standard InChI is InChI=1S/C23H39N5O3/c1-5-24-23(26-12-13-27-14-16-28(17-15-27)19(4)29)25-11-10-20-8-9-21(30-6-2)22(18-20)31-7-3/h8-9,18H,5-7,10-17H2,1-4H3,(H2,24,25,26).